The van der Waals surface area contributed by atoms with Gasteiger partial charge in [0, 0.05) is 35.8 Å². The van der Waals surface area contributed by atoms with Crippen LogP contribution in [0.4, 0.5) is 5.82 Å². The number of aromatic nitrogens is 3. The predicted molar refractivity (Wildman–Crippen MR) is 87.0 cm³/mol. The number of anilines is 1. The van der Waals surface area contributed by atoms with Gasteiger partial charge < -0.3 is 10.4 Å². The highest BCUT2D eigenvalue weighted by Crippen LogP contribution is 2.27. The van der Waals surface area contributed by atoms with E-state index in [2.05, 4.69) is 20.3 Å². The molecule has 2 N–H and O–H groups in total. The second-order valence-corrected chi connectivity index (χ2v) is 5.99. The Morgan fingerprint density at radius 3 is 2.52 bits per heavy atom. The summed E-state index contributed by atoms with van der Waals surface area (Å²) in [6.07, 6.45) is 6.58. The molecule has 1 fully saturated rings. The summed E-state index contributed by atoms with van der Waals surface area (Å²) in [5, 5.41) is 12.5. The van der Waals surface area contributed by atoms with Gasteiger partial charge in [0.15, 0.2) is 5.82 Å². The minimum atomic E-state index is -0.679. The van der Waals surface area contributed by atoms with Crippen LogP contribution >= 0.6 is 0 Å². The molecule has 2 aromatic rings. The van der Waals surface area contributed by atoms with E-state index >= 15 is 0 Å². The third kappa shape index (κ3) is 3.83. The number of carboxylic acid groups (broad SMARTS) is 1. The van der Waals surface area contributed by atoms with Crippen molar-refractivity contribution in [1.29, 1.82) is 0 Å². The fourth-order valence-electron chi connectivity index (χ4n) is 2.97. The molecule has 0 atom stereocenters. The van der Waals surface area contributed by atoms with Gasteiger partial charge in [-0.05, 0) is 44.7 Å². The minimum Gasteiger partial charge on any atom is -0.481 e. The van der Waals surface area contributed by atoms with Crippen LogP contribution in [0.5, 0.6) is 0 Å². The maximum absolute atomic E-state index is 11.0. The first-order valence-electron chi connectivity index (χ1n) is 7.87. The summed E-state index contributed by atoms with van der Waals surface area (Å²) in [5.74, 6) is 0.589. The van der Waals surface area contributed by atoms with Gasteiger partial charge in [-0.25, -0.2) is 9.97 Å². The summed E-state index contributed by atoms with van der Waals surface area (Å²) >= 11 is 0. The molecule has 6 heteroatoms. The molecule has 120 valence electrons. The fourth-order valence-corrected chi connectivity index (χ4v) is 2.97. The molecule has 0 radical (unpaired) electrons. The zero-order valence-corrected chi connectivity index (χ0v) is 13.1. The van der Waals surface area contributed by atoms with Gasteiger partial charge in [0.05, 0.1) is 5.92 Å². The molecule has 0 spiro atoms. The van der Waals surface area contributed by atoms with E-state index < -0.39 is 5.97 Å². The Bertz CT molecular complexity index is 682. The molecule has 2 heterocycles. The molecular formula is C17H20N4O2. The monoisotopic (exact) mass is 312 g/mol. The van der Waals surface area contributed by atoms with E-state index in [1.807, 2.05) is 25.1 Å². The van der Waals surface area contributed by atoms with Crippen LogP contribution in [0, 0.1) is 12.8 Å². The topological polar surface area (TPSA) is 88.0 Å². The lowest BCUT2D eigenvalue weighted by Gasteiger charge is -2.27. The standard InChI is InChI=1S/C17H20N4O2/c1-11-10-15(20-14-4-2-13(3-5-14)17(22)23)21-16(19-11)12-6-8-18-9-7-12/h6-10,13-14H,2-5H2,1H3,(H,22,23)(H,19,20,21). The van der Waals surface area contributed by atoms with Crippen LogP contribution in [0.2, 0.25) is 0 Å². The summed E-state index contributed by atoms with van der Waals surface area (Å²) in [6, 6.07) is 5.96. The van der Waals surface area contributed by atoms with Gasteiger partial charge in [0.2, 0.25) is 0 Å². The highest BCUT2D eigenvalue weighted by atomic mass is 16.4. The molecule has 0 amide bonds. The second kappa shape index (κ2) is 6.73. The number of carboxylic acids is 1. The van der Waals surface area contributed by atoms with Gasteiger partial charge >= 0.3 is 5.97 Å². The first-order chi connectivity index (χ1) is 11.1. The Morgan fingerprint density at radius 1 is 1.17 bits per heavy atom. The lowest BCUT2D eigenvalue weighted by molar-refractivity contribution is -0.142. The number of nitrogens with one attached hydrogen (secondary N) is 1. The summed E-state index contributed by atoms with van der Waals surface area (Å²) in [7, 11) is 0. The van der Waals surface area contributed by atoms with Crippen LogP contribution in [0.25, 0.3) is 11.4 Å². The van der Waals surface area contributed by atoms with E-state index in [0.29, 0.717) is 18.7 Å². The maximum atomic E-state index is 11.0. The molecule has 23 heavy (non-hydrogen) atoms. The number of rotatable bonds is 4. The molecule has 0 aromatic carbocycles. The number of aliphatic carboxylic acids is 1. The number of hydrogen-bond acceptors (Lipinski definition) is 5. The molecule has 1 aliphatic carbocycles. The smallest absolute Gasteiger partial charge is 0.306 e. The van der Waals surface area contributed by atoms with Crippen molar-refractivity contribution in [2.24, 2.45) is 5.92 Å². The van der Waals surface area contributed by atoms with Crippen molar-refractivity contribution < 1.29 is 9.90 Å². The lowest BCUT2D eigenvalue weighted by Crippen LogP contribution is -2.29. The largest absolute Gasteiger partial charge is 0.481 e. The van der Waals surface area contributed by atoms with Crippen LogP contribution in [0.15, 0.2) is 30.6 Å². The molecule has 1 saturated carbocycles. The number of pyridine rings is 1. The SMILES string of the molecule is Cc1cc(NC2CCC(C(=O)O)CC2)nc(-c2ccncc2)n1. The Hall–Kier alpha value is -2.50. The van der Waals surface area contributed by atoms with Crippen molar-refractivity contribution in [2.45, 2.75) is 38.6 Å². The Labute approximate surface area is 135 Å². The summed E-state index contributed by atoms with van der Waals surface area (Å²) in [6.45, 7) is 1.94. The van der Waals surface area contributed by atoms with Crippen molar-refractivity contribution in [1.82, 2.24) is 15.0 Å². The molecule has 0 bridgehead atoms. The molecule has 0 unspecified atom stereocenters. The Kier molecular flexibility index (Phi) is 4.50. The van der Waals surface area contributed by atoms with E-state index in [1.165, 1.54) is 0 Å². The van der Waals surface area contributed by atoms with Gasteiger partial charge in [-0.1, -0.05) is 0 Å². The second-order valence-electron chi connectivity index (χ2n) is 5.99. The van der Waals surface area contributed by atoms with Gasteiger partial charge in [0.25, 0.3) is 0 Å². The minimum absolute atomic E-state index is 0.201. The van der Waals surface area contributed by atoms with E-state index in [0.717, 1.165) is 29.9 Å². The Morgan fingerprint density at radius 2 is 1.87 bits per heavy atom. The van der Waals surface area contributed by atoms with Crippen molar-refractivity contribution in [3.05, 3.63) is 36.3 Å². The van der Waals surface area contributed by atoms with E-state index in [9.17, 15) is 4.79 Å². The van der Waals surface area contributed by atoms with E-state index in [4.69, 9.17) is 5.11 Å². The van der Waals surface area contributed by atoms with E-state index in [1.54, 1.807) is 12.4 Å². The molecule has 2 aromatic heterocycles. The fraction of sp³-hybridized carbons (Fsp3) is 0.412. The van der Waals surface area contributed by atoms with Crippen molar-refractivity contribution in [3.63, 3.8) is 0 Å². The molecule has 0 saturated heterocycles. The Balaban J connectivity index is 1.72. The molecular weight excluding hydrogens is 292 g/mol. The summed E-state index contributed by atoms with van der Waals surface area (Å²) in [5.41, 5.74) is 1.83. The average molecular weight is 312 g/mol. The quantitative estimate of drug-likeness (QED) is 0.902. The van der Waals surface area contributed by atoms with Gasteiger partial charge in [-0.2, -0.15) is 0 Å². The number of carbonyl (C=O) groups is 1. The lowest BCUT2D eigenvalue weighted by atomic mass is 9.86. The first-order valence-corrected chi connectivity index (χ1v) is 7.87. The predicted octanol–water partition coefficient (Wildman–Crippen LogP) is 2.90. The zero-order valence-electron chi connectivity index (χ0n) is 13.1. The third-order valence-corrected chi connectivity index (χ3v) is 4.22. The van der Waals surface area contributed by atoms with Crippen LogP contribution in [0.3, 0.4) is 0 Å². The number of hydrogen-bond donors (Lipinski definition) is 2. The summed E-state index contributed by atoms with van der Waals surface area (Å²) in [4.78, 5) is 24.1. The van der Waals surface area contributed by atoms with Gasteiger partial charge in [-0.15, -0.1) is 0 Å². The third-order valence-electron chi connectivity index (χ3n) is 4.22. The summed E-state index contributed by atoms with van der Waals surface area (Å²) < 4.78 is 0. The maximum Gasteiger partial charge on any atom is 0.306 e. The van der Waals surface area contributed by atoms with Crippen LogP contribution < -0.4 is 5.32 Å². The molecule has 6 nitrogen and oxygen atoms in total. The van der Waals surface area contributed by atoms with Crippen LogP contribution in [0.1, 0.15) is 31.4 Å². The highest BCUT2D eigenvalue weighted by Gasteiger charge is 2.26. The van der Waals surface area contributed by atoms with E-state index in [-0.39, 0.29) is 12.0 Å². The molecule has 0 aliphatic heterocycles. The normalized spacial score (nSPS) is 20.9. The number of nitrogens with zero attached hydrogens (tertiary/aromatic N) is 3. The van der Waals surface area contributed by atoms with Crippen molar-refractivity contribution >= 4 is 11.8 Å². The van der Waals surface area contributed by atoms with Crippen LogP contribution in [-0.4, -0.2) is 32.1 Å². The van der Waals surface area contributed by atoms with Crippen molar-refractivity contribution in [2.75, 3.05) is 5.32 Å². The number of aryl methyl sites for hydroxylation is 1. The first kappa shape index (κ1) is 15.4. The average Bonchev–Trinajstić information content (AvgIpc) is 2.55. The van der Waals surface area contributed by atoms with Crippen molar-refractivity contribution in [3.8, 4) is 11.4 Å². The molecule has 3 rings (SSSR count). The highest BCUT2D eigenvalue weighted by molar-refractivity contribution is 5.70. The van der Waals surface area contributed by atoms with Gasteiger partial charge in [0.1, 0.15) is 5.82 Å². The van der Waals surface area contributed by atoms with Crippen LogP contribution in [-0.2, 0) is 4.79 Å². The molecule has 1 aliphatic rings. The zero-order chi connectivity index (χ0) is 16.2. The van der Waals surface area contributed by atoms with Gasteiger partial charge in [-0.3, -0.25) is 9.78 Å².